The molecule has 1 aromatic carbocycles. The van der Waals surface area contributed by atoms with Gasteiger partial charge in [0.05, 0.1) is 16.0 Å². The highest BCUT2D eigenvalue weighted by Crippen LogP contribution is 2.33. The summed E-state index contributed by atoms with van der Waals surface area (Å²) in [4.78, 5) is 1.04. The second kappa shape index (κ2) is 7.55. The summed E-state index contributed by atoms with van der Waals surface area (Å²) in [5.74, 6) is 0.749. The van der Waals surface area contributed by atoms with E-state index in [9.17, 15) is 4.21 Å². The van der Waals surface area contributed by atoms with Crippen LogP contribution in [0.1, 0.15) is 50.2 Å². The van der Waals surface area contributed by atoms with E-state index in [1.54, 1.807) is 0 Å². The summed E-state index contributed by atoms with van der Waals surface area (Å²) in [5.41, 5.74) is 2.36. The molecular weight excluding hydrogens is 278 g/mol. The fourth-order valence-corrected chi connectivity index (χ4v) is 5.57. The molecule has 1 saturated carbocycles. The molecule has 4 unspecified atom stereocenters. The van der Waals surface area contributed by atoms with Gasteiger partial charge < -0.3 is 5.32 Å². The lowest BCUT2D eigenvalue weighted by Crippen LogP contribution is -2.45. The minimum absolute atomic E-state index is 0.251. The van der Waals surface area contributed by atoms with Gasteiger partial charge in [-0.3, -0.25) is 4.21 Å². The van der Waals surface area contributed by atoms with Crippen LogP contribution in [-0.2, 0) is 10.8 Å². The van der Waals surface area contributed by atoms with Crippen LogP contribution in [0.3, 0.4) is 0 Å². The van der Waals surface area contributed by atoms with Gasteiger partial charge in [-0.2, -0.15) is 0 Å². The maximum absolute atomic E-state index is 13.2. The quantitative estimate of drug-likeness (QED) is 0.892. The molecule has 1 N–H and O–H groups in total. The number of hydrogen-bond donors (Lipinski definition) is 1. The number of nitrogens with one attached hydrogen (secondary N) is 1. The van der Waals surface area contributed by atoms with E-state index in [4.69, 9.17) is 0 Å². The van der Waals surface area contributed by atoms with Gasteiger partial charge in [-0.1, -0.05) is 31.9 Å². The van der Waals surface area contributed by atoms with Crippen LogP contribution in [-0.4, -0.2) is 22.5 Å². The molecule has 0 amide bonds. The van der Waals surface area contributed by atoms with E-state index in [-0.39, 0.29) is 5.25 Å². The molecule has 21 heavy (non-hydrogen) atoms. The van der Waals surface area contributed by atoms with Crippen molar-refractivity contribution in [3.63, 3.8) is 0 Å². The molecule has 0 aromatic heterocycles. The van der Waals surface area contributed by atoms with Crippen molar-refractivity contribution in [1.82, 2.24) is 5.32 Å². The summed E-state index contributed by atoms with van der Waals surface area (Å²) >= 11 is 0. The molecule has 0 radical (unpaired) electrons. The fourth-order valence-electron chi connectivity index (χ4n) is 3.54. The average molecular weight is 308 g/mol. The van der Waals surface area contributed by atoms with Gasteiger partial charge in [-0.25, -0.2) is 0 Å². The van der Waals surface area contributed by atoms with Gasteiger partial charge in [-0.05, 0) is 63.3 Å². The van der Waals surface area contributed by atoms with Crippen LogP contribution in [0.15, 0.2) is 23.1 Å². The highest BCUT2D eigenvalue weighted by molar-refractivity contribution is 7.85. The van der Waals surface area contributed by atoms with Gasteiger partial charge >= 0.3 is 0 Å². The van der Waals surface area contributed by atoms with Gasteiger partial charge in [0, 0.05) is 10.9 Å². The number of benzene rings is 1. The van der Waals surface area contributed by atoms with Crippen molar-refractivity contribution in [3.05, 3.63) is 29.3 Å². The van der Waals surface area contributed by atoms with E-state index in [0.29, 0.717) is 6.04 Å². The first-order valence-corrected chi connectivity index (χ1v) is 9.43. The molecule has 118 valence electrons. The van der Waals surface area contributed by atoms with Crippen LogP contribution in [0.4, 0.5) is 0 Å². The molecule has 0 spiro atoms. The fraction of sp³-hybridized carbons (Fsp3) is 0.667. The third-order valence-corrected chi connectivity index (χ3v) is 6.75. The van der Waals surface area contributed by atoms with Crippen molar-refractivity contribution in [1.29, 1.82) is 0 Å². The average Bonchev–Trinajstić information content (AvgIpc) is 2.49. The number of hydrogen-bond acceptors (Lipinski definition) is 2. The molecule has 0 aliphatic heterocycles. The van der Waals surface area contributed by atoms with E-state index < -0.39 is 10.8 Å². The molecule has 0 bridgehead atoms. The van der Waals surface area contributed by atoms with Gasteiger partial charge in [0.2, 0.25) is 0 Å². The maximum Gasteiger partial charge on any atom is 0.0579 e. The second-order valence-electron chi connectivity index (χ2n) is 6.47. The minimum atomic E-state index is -0.908. The Kier molecular flexibility index (Phi) is 6.00. The SMILES string of the molecule is CCCC1CCC(NC)C(S(=O)c2cc(C)ccc2C)C1. The first-order chi connectivity index (χ1) is 10.1. The molecule has 1 fully saturated rings. The Morgan fingerprint density at radius 3 is 2.71 bits per heavy atom. The molecule has 2 rings (SSSR count). The van der Waals surface area contributed by atoms with Crippen molar-refractivity contribution in [2.45, 2.75) is 69.1 Å². The summed E-state index contributed by atoms with van der Waals surface area (Å²) < 4.78 is 13.2. The van der Waals surface area contributed by atoms with Crippen molar-refractivity contribution in [2.24, 2.45) is 5.92 Å². The van der Waals surface area contributed by atoms with Crippen LogP contribution in [0, 0.1) is 19.8 Å². The summed E-state index contributed by atoms with van der Waals surface area (Å²) in [6.07, 6.45) is 6.04. The van der Waals surface area contributed by atoms with Crippen LogP contribution >= 0.6 is 0 Å². The first-order valence-electron chi connectivity index (χ1n) is 8.21. The largest absolute Gasteiger partial charge is 0.316 e. The third kappa shape index (κ3) is 3.95. The smallest absolute Gasteiger partial charge is 0.0579 e. The van der Waals surface area contributed by atoms with E-state index in [2.05, 4.69) is 44.3 Å². The molecule has 2 nitrogen and oxygen atoms in total. The van der Waals surface area contributed by atoms with Crippen LogP contribution in [0.25, 0.3) is 0 Å². The van der Waals surface area contributed by atoms with E-state index >= 15 is 0 Å². The Morgan fingerprint density at radius 2 is 2.05 bits per heavy atom. The van der Waals surface area contributed by atoms with Crippen molar-refractivity contribution >= 4 is 10.8 Å². The Balaban J connectivity index is 2.23. The van der Waals surface area contributed by atoms with E-state index in [1.807, 2.05) is 7.05 Å². The molecule has 1 aliphatic carbocycles. The highest BCUT2D eigenvalue weighted by atomic mass is 32.2. The zero-order valence-corrected chi connectivity index (χ0v) is 14.6. The Hall–Kier alpha value is -0.670. The Bertz CT molecular complexity index is 500. The molecule has 1 aliphatic rings. The minimum Gasteiger partial charge on any atom is -0.316 e. The molecular formula is C18H29NOS. The number of rotatable bonds is 5. The summed E-state index contributed by atoms with van der Waals surface area (Å²) in [6.45, 7) is 6.41. The van der Waals surface area contributed by atoms with Crippen molar-refractivity contribution in [2.75, 3.05) is 7.05 Å². The van der Waals surface area contributed by atoms with Gasteiger partial charge in [0.1, 0.15) is 0 Å². The normalized spacial score (nSPS) is 27.5. The molecule has 1 aromatic rings. The third-order valence-electron chi connectivity index (χ3n) is 4.80. The predicted molar refractivity (Wildman–Crippen MR) is 91.2 cm³/mol. The van der Waals surface area contributed by atoms with E-state index in [0.717, 1.165) is 29.2 Å². The van der Waals surface area contributed by atoms with Crippen molar-refractivity contribution < 1.29 is 4.21 Å². The first kappa shape index (κ1) is 16.7. The monoisotopic (exact) mass is 307 g/mol. The van der Waals surface area contributed by atoms with Gasteiger partial charge in [-0.15, -0.1) is 0 Å². The lowest BCUT2D eigenvalue weighted by atomic mass is 9.83. The lowest BCUT2D eigenvalue weighted by Gasteiger charge is -2.35. The van der Waals surface area contributed by atoms with Gasteiger partial charge in [0.15, 0.2) is 0 Å². The molecule has 3 heteroatoms. The summed E-state index contributed by atoms with van der Waals surface area (Å²) in [5, 5.41) is 3.66. The topological polar surface area (TPSA) is 29.1 Å². The standard InChI is InChI=1S/C18H29NOS/c1-5-6-15-9-10-16(19-4)18(12-15)21(20)17-11-13(2)7-8-14(17)3/h7-8,11,15-16,18-19H,5-6,9-10,12H2,1-4H3. The zero-order valence-electron chi connectivity index (χ0n) is 13.8. The molecule has 0 saturated heterocycles. The zero-order chi connectivity index (χ0) is 15.4. The highest BCUT2D eigenvalue weighted by Gasteiger charge is 2.34. The van der Waals surface area contributed by atoms with Crippen LogP contribution in [0.2, 0.25) is 0 Å². The summed E-state index contributed by atoms with van der Waals surface area (Å²) in [7, 11) is 1.10. The molecule has 4 atom stereocenters. The van der Waals surface area contributed by atoms with E-state index in [1.165, 1.54) is 24.8 Å². The summed E-state index contributed by atoms with van der Waals surface area (Å²) in [6, 6.07) is 6.70. The Morgan fingerprint density at radius 1 is 1.29 bits per heavy atom. The lowest BCUT2D eigenvalue weighted by molar-refractivity contribution is 0.292. The Labute approximate surface area is 132 Å². The molecule has 0 heterocycles. The van der Waals surface area contributed by atoms with Crippen LogP contribution in [0.5, 0.6) is 0 Å². The van der Waals surface area contributed by atoms with Crippen LogP contribution < -0.4 is 5.32 Å². The number of aryl methyl sites for hydroxylation is 2. The van der Waals surface area contributed by atoms with Crippen molar-refractivity contribution in [3.8, 4) is 0 Å². The van der Waals surface area contributed by atoms with Gasteiger partial charge in [0.25, 0.3) is 0 Å². The predicted octanol–water partition coefficient (Wildman–Crippen LogP) is 3.97. The maximum atomic E-state index is 13.2. The second-order valence-corrected chi connectivity index (χ2v) is 8.11.